The molecule has 0 spiro atoms. The first-order chi connectivity index (χ1) is 17.4. The van der Waals surface area contributed by atoms with Crippen LogP contribution in [0.15, 0.2) is 60.7 Å². The van der Waals surface area contributed by atoms with Gasteiger partial charge >= 0.3 is 0 Å². The third-order valence-electron chi connectivity index (χ3n) is 6.78. The first-order valence-corrected chi connectivity index (χ1v) is 12.1. The summed E-state index contributed by atoms with van der Waals surface area (Å²) in [6.07, 6.45) is 0.631. The molecule has 1 N–H and O–H groups in total. The highest BCUT2D eigenvalue weighted by Gasteiger charge is 2.32. The van der Waals surface area contributed by atoms with Gasteiger partial charge in [-0.15, -0.1) is 0 Å². The van der Waals surface area contributed by atoms with Gasteiger partial charge in [-0.3, -0.25) is 9.69 Å². The molecule has 0 saturated carbocycles. The van der Waals surface area contributed by atoms with Gasteiger partial charge in [0, 0.05) is 37.8 Å². The standard InChI is InChI=1S/C29H32F2N2O3/c1-19-10-21(8-9-27(19)30)23-13-24(29(34)32-15-22-6-4-5-7-28(22)31)18-33(17-23)16-20-11-25(35-2)14-26(12-20)36-3/h4-12,14,23-24H,13,15-18H2,1-3H3,(H,32,34). The van der Waals surface area contributed by atoms with Crippen LogP contribution in [0.4, 0.5) is 8.78 Å². The molecule has 1 amide bonds. The van der Waals surface area contributed by atoms with Gasteiger partial charge < -0.3 is 14.8 Å². The molecule has 3 aromatic carbocycles. The Hall–Kier alpha value is -3.45. The van der Waals surface area contributed by atoms with Gasteiger partial charge in [0.1, 0.15) is 23.1 Å². The van der Waals surface area contributed by atoms with Crippen molar-refractivity contribution in [3.05, 3.63) is 94.6 Å². The van der Waals surface area contributed by atoms with Crippen molar-refractivity contribution >= 4 is 5.91 Å². The molecule has 5 nitrogen and oxygen atoms in total. The number of ether oxygens (including phenoxy) is 2. The van der Waals surface area contributed by atoms with Gasteiger partial charge in [-0.25, -0.2) is 8.78 Å². The van der Waals surface area contributed by atoms with Gasteiger partial charge in [-0.05, 0) is 60.2 Å². The predicted molar refractivity (Wildman–Crippen MR) is 135 cm³/mol. The first-order valence-electron chi connectivity index (χ1n) is 12.1. The molecule has 1 heterocycles. The van der Waals surface area contributed by atoms with E-state index in [9.17, 15) is 13.6 Å². The van der Waals surface area contributed by atoms with E-state index in [1.165, 1.54) is 12.1 Å². The number of piperidine rings is 1. The third kappa shape index (κ3) is 6.21. The van der Waals surface area contributed by atoms with Gasteiger partial charge in [0.2, 0.25) is 5.91 Å². The second-order valence-electron chi connectivity index (χ2n) is 9.36. The topological polar surface area (TPSA) is 50.8 Å². The Morgan fingerprint density at radius 3 is 2.36 bits per heavy atom. The van der Waals surface area contributed by atoms with Crippen LogP contribution in [0.25, 0.3) is 0 Å². The van der Waals surface area contributed by atoms with Crippen LogP contribution in [0.1, 0.15) is 34.6 Å². The van der Waals surface area contributed by atoms with Crippen LogP contribution >= 0.6 is 0 Å². The van der Waals surface area contributed by atoms with E-state index in [1.807, 2.05) is 24.3 Å². The maximum atomic E-state index is 14.1. The summed E-state index contributed by atoms with van der Waals surface area (Å²) in [7, 11) is 3.23. The molecule has 2 unspecified atom stereocenters. The van der Waals surface area contributed by atoms with Crippen molar-refractivity contribution in [1.82, 2.24) is 10.2 Å². The average Bonchev–Trinajstić information content (AvgIpc) is 2.89. The monoisotopic (exact) mass is 494 g/mol. The third-order valence-corrected chi connectivity index (χ3v) is 6.78. The first kappa shape index (κ1) is 25.6. The molecule has 7 heteroatoms. The fourth-order valence-electron chi connectivity index (χ4n) is 4.86. The number of carbonyl (C=O) groups is 1. The molecule has 2 atom stereocenters. The number of aryl methyl sites for hydroxylation is 1. The number of carbonyl (C=O) groups excluding carboxylic acids is 1. The average molecular weight is 495 g/mol. The SMILES string of the molecule is COc1cc(CN2CC(C(=O)NCc3ccccc3F)CC(c3ccc(F)c(C)c3)C2)cc(OC)c1. The minimum atomic E-state index is -0.338. The number of halogens is 2. The Morgan fingerprint density at radius 2 is 1.69 bits per heavy atom. The van der Waals surface area contributed by atoms with E-state index in [1.54, 1.807) is 45.4 Å². The Bertz CT molecular complexity index is 1190. The lowest BCUT2D eigenvalue weighted by molar-refractivity contribution is -0.127. The smallest absolute Gasteiger partial charge is 0.224 e. The molecule has 0 bridgehead atoms. The normalized spacial score (nSPS) is 18.0. The van der Waals surface area contributed by atoms with Crippen LogP contribution in [0.3, 0.4) is 0 Å². The Morgan fingerprint density at radius 1 is 0.972 bits per heavy atom. The van der Waals surface area contributed by atoms with Crippen LogP contribution in [0.5, 0.6) is 11.5 Å². The summed E-state index contributed by atoms with van der Waals surface area (Å²) in [6, 6.07) is 17.3. The summed E-state index contributed by atoms with van der Waals surface area (Å²) in [5.74, 6) is 0.458. The van der Waals surface area contributed by atoms with Crippen molar-refractivity contribution in [2.75, 3.05) is 27.3 Å². The van der Waals surface area contributed by atoms with Crippen LogP contribution in [-0.4, -0.2) is 38.1 Å². The minimum absolute atomic E-state index is 0.0507. The van der Waals surface area contributed by atoms with Gasteiger partial charge in [0.05, 0.1) is 20.1 Å². The van der Waals surface area contributed by atoms with Gasteiger partial charge in [-0.1, -0.05) is 30.3 Å². The second kappa shape index (κ2) is 11.5. The number of hydrogen-bond donors (Lipinski definition) is 1. The number of rotatable bonds is 8. The zero-order valence-electron chi connectivity index (χ0n) is 20.9. The van der Waals surface area contributed by atoms with Crippen molar-refractivity contribution < 1.29 is 23.0 Å². The minimum Gasteiger partial charge on any atom is -0.497 e. The van der Waals surface area contributed by atoms with Crippen LogP contribution in [0.2, 0.25) is 0 Å². The molecule has 3 aromatic rings. The molecule has 190 valence electrons. The number of likely N-dealkylation sites (tertiary alicyclic amines) is 1. The molecule has 1 fully saturated rings. The van der Waals surface area contributed by atoms with Crippen LogP contribution in [0, 0.1) is 24.5 Å². The van der Waals surface area contributed by atoms with E-state index in [0.717, 1.165) is 17.7 Å². The van der Waals surface area contributed by atoms with Crippen molar-refractivity contribution in [2.24, 2.45) is 5.92 Å². The van der Waals surface area contributed by atoms with Crippen LogP contribution in [-0.2, 0) is 17.9 Å². The quantitative estimate of drug-likeness (QED) is 0.467. The number of nitrogens with zero attached hydrogens (tertiary/aromatic N) is 1. The van der Waals surface area contributed by atoms with Gasteiger partial charge in [0.25, 0.3) is 0 Å². The summed E-state index contributed by atoms with van der Waals surface area (Å²) < 4.78 is 38.8. The number of methoxy groups -OCH3 is 2. The van der Waals surface area contributed by atoms with E-state index in [4.69, 9.17) is 9.47 Å². The number of hydrogen-bond acceptors (Lipinski definition) is 4. The lowest BCUT2D eigenvalue weighted by atomic mass is 9.83. The molecule has 1 saturated heterocycles. The molecule has 1 aliphatic rings. The highest BCUT2D eigenvalue weighted by molar-refractivity contribution is 5.79. The van der Waals surface area contributed by atoms with E-state index >= 15 is 0 Å². The summed E-state index contributed by atoms with van der Waals surface area (Å²) in [6.45, 7) is 3.76. The number of benzene rings is 3. The summed E-state index contributed by atoms with van der Waals surface area (Å²) in [4.78, 5) is 15.4. The zero-order valence-corrected chi connectivity index (χ0v) is 20.9. The van der Waals surface area contributed by atoms with E-state index in [0.29, 0.717) is 42.1 Å². The van der Waals surface area contributed by atoms with Crippen molar-refractivity contribution in [3.8, 4) is 11.5 Å². The maximum Gasteiger partial charge on any atom is 0.224 e. The molecule has 36 heavy (non-hydrogen) atoms. The molecule has 0 aliphatic carbocycles. The molecular formula is C29H32F2N2O3. The summed E-state index contributed by atoms with van der Waals surface area (Å²) in [5, 5.41) is 2.92. The molecular weight excluding hydrogens is 462 g/mol. The molecule has 0 radical (unpaired) electrons. The number of amides is 1. The van der Waals surface area contributed by atoms with Crippen LogP contribution < -0.4 is 14.8 Å². The highest BCUT2D eigenvalue weighted by Crippen LogP contribution is 2.33. The lowest BCUT2D eigenvalue weighted by Crippen LogP contribution is -2.45. The van der Waals surface area contributed by atoms with E-state index in [-0.39, 0.29) is 35.9 Å². The van der Waals surface area contributed by atoms with Gasteiger partial charge in [-0.2, -0.15) is 0 Å². The lowest BCUT2D eigenvalue weighted by Gasteiger charge is -2.37. The Labute approximate surface area is 211 Å². The molecule has 0 aromatic heterocycles. The van der Waals surface area contributed by atoms with E-state index < -0.39 is 0 Å². The predicted octanol–water partition coefficient (Wildman–Crippen LogP) is 5.21. The second-order valence-corrected chi connectivity index (χ2v) is 9.36. The molecule has 4 rings (SSSR count). The summed E-state index contributed by atoms with van der Waals surface area (Å²) >= 11 is 0. The van der Waals surface area contributed by atoms with Crippen molar-refractivity contribution in [1.29, 1.82) is 0 Å². The summed E-state index contributed by atoms with van der Waals surface area (Å²) in [5.41, 5.74) is 3.05. The maximum absolute atomic E-state index is 14.1. The highest BCUT2D eigenvalue weighted by atomic mass is 19.1. The van der Waals surface area contributed by atoms with Crippen molar-refractivity contribution in [2.45, 2.75) is 32.4 Å². The van der Waals surface area contributed by atoms with E-state index in [2.05, 4.69) is 10.2 Å². The number of nitrogens with one attached hydrogen (secondary N) is 1. The largest absolute Gasteiger partial charge is 0.497 e. The van der Waals surface area contributed by atoms with Gasteiger partial charge in [0.15, 0.2) is 0 Å². The fraction of sp³-hybridized carbons (Fsp3) is 0.345. The Kier molecular flexibility index (Phi) is 8.21. The Balaban J connectivity index is 1.55. The zero-order chi connectivity index (χ0) is 25.7. The molecule has 1 aliphatic heterocycles. The fourth-order valence-corrected chi connectivity index (χ4v) is 4.86. The van der Waals surface area contributed by atoms with Crippen molar-refractivity contribution in [3.63, 3.8) is 0 Å².